The third kappa shape index (κ3) is 5.00. The molecule has 0 fully saturated rings. The Morgan fingerprint density at radius 2 is 1.81 bits per heavy atom. The van der Waals surface area contributed by atoms with Crippen molar-refractivity contribution in [1.82, 2.24) is 10.3 Å². The Kier molecular flexibility index (Phi) is 6.52. The van der Waals surface area contributed by atoms with Crippen LogP contribution in [0.5, 0.6) is 0 Å². The molecule has 1 aromatic heterocycles. The number of hydrogen-bond acceptors (Lipinski definition) is 4. The zero-order valence-electron chi connectivity index (χ0n) is 14.7. The molecular weight excluding hydrogens is 344 g/mol. The van der Waals surface area contributed by atoms with E-state index in [1.54, 1.807) is 5.38 Å². The average molecular weight is 366 g/mol. The summed E-state index contributed by atoms with van der Waals surface area (Å²) >= 11 is 1.48. The van der Waals surface area contributed by atoms with Gasteiger partial charge in [-0.15, -0.1) is 11.3 Å². The van der Waals surface area contributed by atoms with Gasteiger partial charge in [0.05, 0.1) is 6.10 Å². The lowest BCUT2D eigenvalue weighted by Gasteiger charge is -2.13. The van der Waals surface area contributed by atoms with E-state index in [-0.39, 0.29) is 12.0 Å². The van der Waals surface area contributed by atoms with Crippen LogP contribution in [-0.4, -0.2) is 24.0 Å². The number of carbonyl (C=O) groups excluding carboxylic acids is 1. The van der Waals surface area contributed by atoms with Gasteiger partial charge in [0.15, 0.2) is 0 Å². The van der Waals surface area contributed by atoms with E-state index in [0.29, 0.717) is 18.8 Å². The van der Waals surface area contributed by atoms with Crippen molar-refractivity contribution in [1.29, 1.82) is 0 Å². The van der Waals surface area contributed by atoms with E-state index in [0.717, 1.165) is 22.6 Å². The molecule has 0 radical (unpaired) electrons. The molecule has 5 heteroatoms. The maximum absolute atomic E-state index is 12.2. The fraction of sp³-hybridized carbons (Fsp3) is 0.238. The van der Waals surface area contributed by atoms with Gasteiger partial charge in [0, 0.05) is 24.1 Å². The topological polar surface area (TPSA) is 51.2 Å². The van der Waals surface area contributed by atoms with Crippen molar-refractivity contribution in [2.75, 3.05) is 13.2 Å². The largest absolute Gasteiger partial charge is 0.374 e. The first-order chi connectivity index (χ1) is 12.7. The number of aromatic nitrogens is 1. The van der Waals surface area contributed by atoms with Gasteiger partial charge >= 0.3 is 0 Å². The van der Waals surface area contributed by atoms with E-state index in [1.807, 2.05) is 55.5 Å². The Morgan fingerprint density at radius 3 is 2.54 bits per heavy atom. The first kappa shape index (κ1) is 18.3. The molecule has 1 amide bonds. The molecule has 1 atom stereocenters. The number of thiazole rings is 1. The first-order valence-corrected chi connectivity index (χ1v) is 9.57. The molecule has 134 valence electrons. The molecule has 0 spiro atoms. The van der Waals surface area contributed by atoms with E-state index in [2.05, 4.69) is 22.4 Å². The lowest BCUT2D eigenvalue weighted by molar-refractivity contribution is 0.0634. The molecule has 1 unspecified atom stereocenters. The summed E-state index contributed by atoms with van der Waals surface area (Å²) in [6.45, 7) is 3.20. The summed E-state index contributed by atoms with van der Waals surface area (Å²) in [6.07, 6.45) is 0.817. The highest BCUT2D eigenvalue weighted by Crippen LogP contribution is 2.23. The van der Waals surface area contributed by atoms with Crippen LogP contribution in [0.2, 0.25) is 0 Å². The third-order valence-electron chi connectivity index (χ3n) is 4.00. The lowest BCUT2D eigenvalue weighted by atomic mass is 10.1. The zero-order valence-corrected chi connectivity index (χ0v) is 15.5. The van der Waals surface area contributed by atoms with Crippen LogP contribution >= 0.6 is 11.3 Å². The predicted molar refractivity (Wildman–Crippen MR) is 105 cm³/mol. The van der Waals surface area contributed by atoms with E-state index in [9.17, 15) is 4.79 Å². The molecule has 3 aromatic rings. The Morgan fingerprint density at radius 1 is 1.12 bits per heavy atom. The minimum atomic E-state index is -0.139. The lowest BCUT2D eigenvalue weighted by Crippen LogP contribution is -2.25. The summed E-state index contributed by atoms with van der Waals surface area (Å²) in [5, 5.41) is 5.56. The van der Waals surface area contributed by atoms with Crippen LogP contribution in [0.15, 0.2) is 66.0 Å². The van der Waals surface area contributed by atoms with E-state index in [1.165, 1.54) is 11.3 Å². The molecule has 0 aliphatic heterocycles. The van der Waals surface area contributed by atoms with Gasteiger partial charge in [0.1, 0.15) is 10.7 Å². The van der Waals surface area contributed by atoms with Crippen molar-refractivity contribution < 1.29 is 9.53 Å². The Balaban J connectivity index is 1.40. The number of ether oxygens (including phenoxy) is 1. The minimum Gasteiger partial charge on any atom is -0.374 e. The quantitative estimate of drug-likeness (QED) is 0.588. The van der Waals surface area contributed by atoms with Crippen molar-refractivity contribution in [3.8, 4) is 10.6 Å². The van der Waals surface area contributed by atoms with E-state index < -0.39 is 0 Å². The summed E-state index contributed by atoms with van der Waals surface area (Å²) < 4.78 is 5.81. The summed E-state index contributed by atoms with van der Waals surface area (Å²) in [5.41, 5.74) is 2.65. The summed E-state index contributed by atoms with van der Waals surface area (Å²) in [4.78, 5) is 16.6. The number of carbonyl (C=O) groups is 1. The van der Waals surface area contributed by atoms with Crippen LogP contribution in [0.3, 0.4) is 0 Å². The highest BCUT2D eigenvalue weighted by atomic mass is 32.1. The number of nitrogens with zero attached hydrogens (tertiary/aromatic N) is 1. The molecule has 26 heavy (non-hydrogen) atoms. The van der Waals surface area contributed by atoms with Crippen LogP contribution in [-0.2, 0) is 4.74 Å². The fourth-order valence-electron chi connectivity index (χ4n) is 2.54. The van der Waals surface area contributed by atoms with Crippen LogP contribution in [0.4, 0.5) is 0 Å². The van der Waals surface area contributed by atoms with Gasteiger partial charge in [-0.2, -0.15) is 0 Å². The highest BCUT2D eigenvalue weighted by molar-refractivity contribution is 7.13. The predicted octanol–water partition coefficient (Wildman–Crippen LogP) is 4.71. The number of nitrogens with one attached hydrogen (secondary N) is 1. The molecule has 0 bridgehead atoms. The number of amides is 1. The van der Waals surface area contributed by atoms with Gasteiger partial charge in [-0.05, 0) is 18.9 Å². The average Bonchev–Trinajstić information content (AvgIpc) is 3.19. The summed E-state index contributed by atoms with van der Waals surface area (Å²) in [6, 6.07) is 20.0. The molecule has 1 N–H and O–H groups in total. The normalized spacial score (nSPS) is 11.9. The monoisotopic (exact) mass is 366 g/mol. The Labute approximate surface area is 157 Å². The summed E-state index contributed by atoms with van der Waals surface area (Å²) in [5.74, 6) is -0.139. The van der Waals surface area contributed by atoms with Crippen LogP contribution in [0, 0.1) is 0 Å². The van der Waals surface area contributed by atoms with Gasteiger partial charge in [0.2, 0.25) is 0 Å². The van der Waals surface area contributed by atoms with Crippen LogP contribution in [0.1, 0.15) is 35.5 Å². The molecule has 0 saturated carbocycles. The standard InChI is InChI=1S/C21H22N2O2S/c1-16(17-9-4-2-5-10-17)25-14-8-13-22-20(24)19-15-26-21(23-19)18-11-6-3-7-12-18/h2-7,9-12,15-16H,8,13-14H2,1H3,(H,22,24). The second kappa shape index (κ2) is 9.27. The molecular formula is C21H22N2O2S. The van der Waals surface area contributed by atoms with Crippen LogP contribution in [0.25, 0.3) is 10.6 Å². The van der Waals surface area contributed by atoms with Crippen LogP contribution < -0.4 is 5.32 Å². The van der Waals surface area contributed by atoms with Crippen molar-refractivity contribution in [2.24, 2.45) is 0 Å². The highest BCUT2D eigenvalue weighted by Gasteiger charge is 2.11. The van der Waals surface area contributed by atoms with Gasteiger partial charge < -0.3 is 10.1 Å². The molecule has 0 aliphatic rings. The molecule has 3 rings (SSSR count). The van der Waals surface area contributed by atoms with Crippen molar-refractivity contribution in [2.45, 2.75) is 19.4 Å². The maximum Gasteiger partial charge on any atom is 0.270 e. The molecule has 0 aliphatic carbocycles. The number of rotatable bonds is 8. The van der Waals surface area contributed by atoms with Gasteiger partial charge in [-0.3, -0.25) is 4.79 Å². The van der Waals surface area contributed by atoms with Gasteiger partial charge in [-0.25, -0.2) is 4.98 Å². The van der Waals surface area contributed by atoms with Crippen molar-refractivity contribution >= 4 is 17.2 Å². The molecule has 1 heterocycles. The SMILES string of the molecule is CC(OCCCNC(=O)c1csc(-c2ccccc2)n1)c1ccccc1. The maximum atomic E-state index is 12.2. The van der Waals surface area contributed by atoms with Crippen molar-refractivity contribution in [3.05, 3.63) is 77.3 Å². The Bertz CT molecular complexity index is 818. The van der Waals surface area contributed by atoms with E-state index in [4.69, 9.17) is 4.74 Å². The molecule has 2 aromatic carbocycles. The summed E-state index contributed by atoms with van der Waals surface area (Å²) in [7, 11) is 0. The molecule has 0 saturated heterocycles. The second-order valence-electron chi connectivity index (χ2n) is 5.94. The van der Waals surface area contributed by atoms with Crippen molar-refractivity contribution in [3.63, 3.8) is 0 Å². The van der Waals surface area contributed by atoms with E-state index >= 15 is 0 Å². The fourth-order valence-corrected chi connectivity index (χ4v) is 3.34. The number of benzene rings is 2. The Hall–Kier alpha value is -2.50. The number of hydrogen-bond donors (Lipinski definition) is 1. The minimum absolute atomic E-state index is 0.0545. The second-order valence-corrected chi connectivity index (χ2v) is 6.80. The van der Waals surface area contributed by atoms with Gasteiger partial charge in [-0.1, -0.05) is 60.7 Å². The van der Waals surface area contributed by atoms with Gasteiger partial charge in [0.25, 0.3) is 5.91 Å². The zero-order chi connectivity index (χ0) is 18.2. The molecule has 4 nitrogen and oxygen atoms in total. The first-order valence-electron chi connectivity index (χ1n) is 8.70. The smallest absolute Gasteiger partial charge is 0.270 e. The third-order valence-corrected chi connectivity index (χ3v) is 4.89.